The van der Waals surface area contributed by atoms with Crippen molar-refractivity contribution in [2.75, 3.05) is 11.9 Å². The molecule has 164 valence electrons. The zero-order valence-corrected chi connectivity index (χ0v) is 19.4. The summed E-state index contributed by atoms with van der Waals surface area (Å²) in [6, 6.07) is 10.0. The number of rotatable bonds is 7. The molecule has 0 bridgehead atoms. The number of aromatic nitrogens is 4. The van der Waals surface area contributed by atoms with Gasteiger partial charge in [0.15, 0.2) is 15.9 Å². The Morgan fingerprint density at radius 3 is 2.88 bits per heavy atom. The Morgan fingerprint density at radius 1 is 1.31 bits per heavy atom. The van der Waals surface area contributed by atoms with E-state index in [1.165, 1.54) is 17.8 Å². The lowest BCUT2D eigenvalue weighted by atomic mass is 10.1. The van der Waals surface area contributed by atoms with Crippen LogP contribution in [0.25, 0.3) is 16.6 Å². The second kappa shape index (κ2) is 9.09. The van der Waals surface area contributed by atoms with E-state index in [0.29, 0.717) is 20.9 Å². The maximum atomic E-state index is 12.8. The van der Waals surface area contributed by atoms with Gasteiger partial charge in [-0.3, -0.25) is 9.20 Å². The van der Waals surface area contributed by atoms with Crippen molar-refractivity contribution in [2.24, 2.45) is 0 Å². The van der Waals surface area contributed by atoms with E-state index in [-0.39, 0.29) is 12.5 Å². The topological polar surface area (TPSA) is 98.5 Å². The molecule has 0 fully saturated rings. The molecule has 0 saturated carbocycles. The van der Waals surface area contributed by atoms with Crippen LogP contribution in [0.4, 0.5) is 5.13 Å². The number of aryl methyl sites for hydroxylation is 2. The number of thiazole rings is 1. The number of carbonyl (C=O) groups excluding carboxylic acids is 2. The van der Waals surface area contributed by atoms with Crippen LogP contribution in [0.15, 0.2) is 48.1 Å². The fraction of sp³-hybridized carbons (Fsp3) is 0.227. The number of hydrogen-bond donors (Lipinski definition) is 1. The molecule has 1 aromatic carbocycles. The monoisotopic (exact) mass is 467 g/mol. The number of hydrogen-bond acceptors (Lipinski definition) is 8. The number of nitrogens with zero attached hydrogens (tertiary/aromatic N) is 4. The van der Waals surface area contributed by atoms with Gasteiger partial charge in [-0.2, -0.15) is 0 Å². The van der Waals surface area contributed by atoms with Crippen LogP contribution in [0, 0.1) is 13.8 Å². The minimum Gasteiger partial charge on any atom is -0.457 e. The molecule has 0 spiro atoms. The van der Waals surface area contributed by atoms with Crippen LogP contribution in [0.3, 0.4) is 0 Å². The van der Waals surface area contributed by atoms with E-state index in [0.717, 1.165) is 33.5 Å². The summed E-state index contributed by atoms with van der Waals surface area (Å²) in [6.07, 6.45) is 1.49. The summed E-state index contributed by atoms with van der Waals surface area (Å²) >= 11 is 2.39. The number of nitrogens with one attached hydrogen (secondary N) is 1. The molecule has 10 heteroatoms. The second-order valence-corrected chi connectivity index (χ2v) is 9.40. The average Bonchev–Trinajstić information content (AvgIpc) is 3.35. The molecule has 0 aliphatic rings. The van der Waals surface area contributed by atoms with Gasteiger partial charge >= 0.3 is 5.97 Å². The van der Waals surface area contributed by atoms with Crippen LogP contribution < -0.4 is 5.32 Å². The number of esters is 1. The Balaban J connectivity index is 1.53. The van der Waals surface area contributed by atoms with Crippen molar-refractivity contribution >= 4 is 56.7 Å². The highest BCUT2D eigenvalue weighted by Gasteiger charge is 2.22. The summed E-state index contributed by atoms with van der Waals surface area (Å²) in [5.41, 5.74) is 3.34. The van der Waals surface area contributed by atoms with Crippen LogP contribution in [0.2, 0.25) is 0 Å². The highest BCUT2D eigenvalue weighted by Crippen LogP contribution is 2.29. The first-order valence-electron chi connectivity index (χ1n) is 9.85. The number of thioether (sulfide) groups is 1. The predicted octanol–water partition coefficient (Wildman–Crippen LogP) is 4.42. The molecule has 4 rings (SSSR count). The lowest BCUT2D eigenvalue weighted by molar-refractivity contribution is -0.115. The van der Waals surface area contributed by atoms with Gasteiger partial charge in [0.25, 0.3) is 0 Å². The highest BCUT2D eigenvalue weighted by molar-refractivity contribution is 8.00. The maximum absolute atomic E-state index is 12.8. The van der Waals surface area contributed by atoms with Gasteiger partial charge in [-0.25, -0.2) is 9.78 Å². The Morgan fingerprint density at radius 2 is 2.09 bits per heavy atom. The highest BCUT2D eigenvalue weighted by atomic mass is 32.2. The molecule has 3 heterocycles. The van der Waals surface area contributed by atoms with Crippen molar-refractivity contribution in [3.63, 3.8) is 0 Å². The predicted molar refractivity (Wildman–Crippen MR) is 127 cm³/mol. The molecule has 0 aliphatic carbocycles. The zero-order valence-electron chi connectivity index (χ0n) is 17.8. The van der Waals surface area contributed by atoms with E-state index in [1.54, 1.807) is 13.8 Å². The molecule has 4 aromatic rings. The van der Waals surface area contributed by atoms with E-state index >= 15 is 0 Å². The zero-order chi connectivity index (χ0) is 22.8. The van der Waals surface area contributed by atoms with Gasteiger partial charge in [0.05, 0.1) is 16.5 Å². The molecule has 0 radical (unpaired) electrons. The van der Waals surface area contributed by atoms with E-state index < -0.39 is 11.2 Å². The van der Waals surface area contributed by atoms with Crippen molar-refractivity contribution in [1.29, 1.82) is 0 Å². The molecule has 0 aliphatic heterocycles. The normalized spacial score (nSPS) is 12.1. The Labute approximate surface area is 192 Å². The van der Waals surface area contributed by atoms with Crippen LogP contribution in [0.5, 0.6) is 0 Å². The fourth-order valence-corrected chi connectivity index (χ4v) is 4.94. The molecule has 1 unspecified atom stereocenters. The summed E-state index contributed by atoms with van der Waals surface area (Å²) in [5, 5.41) is 13.0. The number of carbonyl (C=O) groups is 2. The van der Waals surface area contributed by atoms with E-state index in [4.69, 9.17) is 4.74 Å². The first kappa shape index (κ1) is 22.0. The van der Waals surface area contributed by atoms with E-state index in [9.17, 15) is 9.59 Å². The van der Waals surface area contributed by atoms with Crippen molar-refractivity contribution in [2.45, 2.75) is 31.2 Å². The third-order valence-corrected chi connectivity index (χ3v) is 6.87. The van der Waals surface area contributed by atoms with Gasteiger partial charge < -0.3 is 10.1 Å². The summed E-state index contributed by atoms with van der Waals surface area (Å²) in [4.78, 5) is 29.5. The van der Waals surface area contributed by atoms with Crippen molar-refractivity contribution in [3.05, 3.63) is 59.1 Å². The smallest absolute Gasteiger partial charge is 0.350 e. The van der Waals surface area contributed by atoms with Crippen LogP contribution in [0.1, 0.15) is 27.9 Å². The van der Waals surface area contributed by atoms with E-state index in [2.05, 4.69) is 33.1 Å². The Bertz CT molecular complexity index is 1340. The molecule has 1 atom stereocenters. The van der Waals surface area contributed by atoms with Crippen LogP contribution in [-0.2, 0) is 9.53 Å². The number of amides is 1. The van der Waals surface area contributed by atoms with E-state index in [1.807, 2.05) is 35.6 Å². The second-order valence-electron chi connectivity index (χ2n) is 7.09. The minimum atomic E-state index is -0.486. The number of fused-ring (bicyclic) bond motifs is 3. The molecule has 1 amide bonds. The molecule has 1 N–H and O–H groups in total. The van der Waals surface area contributed by atoms with Crippen LogP contribution >= 0.6 is 23.1 Å². The largest absolute Gasteiger partial charge is 0.457 e. The Kier molecular flexibility index (Phi) is 6.24. The van der Waals surface area contributed by atoms with Gasteiger partial charge in [-0.15, -0.1) is 10.2 Å². The number of pyridine rings is 1. The summed E-state index contributed by atoms with van der Waals surface area (Å²) in [5.74, 6) is -0.733. The molecular weight excluding hydrogens is 446 g/mol. The first-order chi connectivity index (χ1) is 15.4. The summed E-state index contributed by atoms with van der Waals surface area (Å²) in [7, 11) is 0. The van der Waals surface area contributed by atoms with Crippen molar-refractivity contribution in [1.82, 2.24) is 19.6 Å². The Hall–Kier alpha value is -3.24. The first-order valence-corrected chi connectivity index (χ1v) is 11.5. The number of ether oxygens (including phenoxy) is 1. The lowest BCUT2D eigenvalue weighted by Crippen LogP contribution is -2.22. The van der Waals surface area contributed by atoms with Gasteiger partial charge in [0.1, 0.15) is 11.5 Å². The summed E-state index contributed by atoms with van der Waals surface area (Å²) < 4.78 is 7.01. The van der Waals surface area contributed by atoms with Gasteiger partial charge in [0.2, 0.25) is 5.91 Å². The molecule has 32 heavy (non-hydrogen) atoms. The standard InChI is InChI=1S/C22H21N5O3S2/c1-5-10-30-20(29)18-13(3)23-21(32-18)24-19(28)14(4)31-22-26-25-17-11-12(2)15-8-6-7-9-16(15)27(17)22/h5-9,11,14H,1,10H2,2-4H3,(H,23,24,28). The minimum absolute atomic E-state index is 0.117. The van der Waals surface area contributed by atoms with Crippen LogP contribution in [-0.4, -0.2) is 43.3 Å². The van der Waals surface area contributed by atoms with Gasteiger partial charge in [-0.05, 0) is 38.5 Å². The van der Waals surface area contributed by atoms with Gasteiger partial charge in [0, 0.05) is 5.39 Å². The summed E-state index contributed by atoms with van der Waals surface area (Å²) in [6.45, 7) is 9.17. The maximum Gasteiger partial charge on any atom is 0.350 e. The molecule has 8 nitrogen and oxygen atoms in total. The van der Waals surface area contributed by atoms with Crippen molar-refractivity contribution < 1.29 is 14.3 Å². The SMILES string of the molecule is C=CCOC(=O)c1sc(NC(=O)C(C)Sc2nnc3cc(C)c4ccccc4n23)nc1C. The van der Waals surface area contributed by atoms with Gasteiger partial charge in [-0.1, -0.05) is 54.0 Å². The molecule has 3 aromatic heterocycles. The lowest BCUT2D eigenvalue weighted by Gasteiger charge is -2.11. The average molecular weight is 468 g/mol. The third kappa shape index (κ3) is 4.23. The molecular formula is C22H21N5O3S2. The number of benzene rings is 1. The van der Waals surface area contributed by atoms with Crippen molar-refractivity contribution in [3.8, 4) is 0 Å². The quantitative estimate of drug-likeness (QED) is 0.244. The molecule has 0 saturated heterocycles. The number of para-hydroxylation sites is 1. The fourth-order valence-electron chi connectivity index (χ4n) is 3.21. The number of anilines is 1. The third-order valence-electron chi connectivity index (χ3n) is 4.77.